The number of hydrogen-bond donors (Lipinski definition) is 1. The van der Waals surface area contributed by atoms with Crippen molar-refractivity contribution >= 4 is 0 Å². The molecule has 2 heterocycles. The molecule has 0 saturated carbocycles. The highest BCUT2D eigenvalue weighted by Crippen LogP contribution is 2.28. The molecule has 17 heavy (non-hydrogen) atoms. The van der Waals surface area contributed by atoms with Gasteiger partial charge in [0.2, 0.25) is 0 Å². The normalized spacial score (nSPS) is 25.1. The lowest BCUT2D eigenvalue weighted by atomic mass is 9.79. The minimum absolute atomic E-state index is 0.221. The summed E-state index contributed by atoms with van der Waals surface area (Å²) in [6.45, 7) is 10.7. The van der Waals surface area contributed by atoms with Crippen LogP contribution < -0.4 is 5.73 Å². The summed E-state index contributed by atoms with van der Waals surface area (Å²) in [5, 5.41) is 4.32. The summed E-state index contributed by atoms with van der Waals surface area (Å²) in [6.07, 6.45) is 5.21. The highest BCUT2D eigenvalue weighted by Gasteiger charge is 2.33. The van der Waals surface area contributed by atoms with Gasteiger partial charge in [0.15, 0.2) is 0 Å². The van der Waals surface area contributed by atoms with Crippen molar-refractivity contribution in [2.24, 2.45) is 11.1 Å². The van der Waals surface area contributed by atoms with E-state index in [0.29, 0.717) is 6.04 Å². The number of aromatic nitrogens is 2. The van der Waals surface area contributed by atoms with E-state index < -0.39 is 0 Å². The zero-order chi connectivity index (χ0) is 12.5. The van der Waals surface area contributed by atoms with Crippen molar-refractivity contribution in [3.8, 4) is 0 Å². The molecule has 0 spiro atoms. The first-order valence-corrected chi connectivity index (χ1v) is 6.50. The Labute approximate surface area is 104 Å². The van der Waals surface area contributed by atoms with Crippen molar-refractivity contribution in [2.75, 3.05) is 13.1 Å². The first-order chi connectivity index (χ1) is 8.01. The maximum atomic E-state index is 6.15. The summed E-state index contributed by atoms with van der Waals surface area (Å²) < 4.78 is 1.98. The first kappa shape index (κ1) is 12.6. The van der Waals surface area contributed by atoms with Crippen LogP contribution in [0.1, 0.15) is 32.8 Å². The molecule has 1 fully saturated rings. The van der Waals surface area contributed by atoms with Crippen LogP contribution in [0.5, 0.6) is 0 Å². The molecular weight excluding hydrogens is 212 g/mol. The molecule has 1 aromatic heterocycles. The van der Waals surface area contributed by atoms with Gasteiger partial charge in [-0.3, -0.25) is 9.58 Å². The van der Waals surface area contributed by atoms with Gasteiger partial charge in [0.1, 0.15) is 0 Å². The Hall–Kier alpha value is -0.870. The zero-order valence-electron chi connectivity index (χ0n) is 11.2. The van der Waals surface area contributed by atoms with Gasteiger partial charge in [-0.05, 0) is 18.8 Å². The lowest BCUT2D eigenvalue weighted by Gasteiger charge is -2.42. The average Bonchev–Trinajstić information content (AvgIpc) is 2.71. The smallest absolute Gasteiger partial charge is 0.0534 e. The van der Waals surface area contributed by atoms with Gasteiger partial charge in [0.05, 0.1) is 6.20 Å². The van der Waals surface area contributed by atoms with E-state index >= 15 is 0 Å². The minimum Gasteiger partial charge on any atom is -0.327 e. The Morgan fingerprint density at radius 3 is 2.88 bits per heavy atom. The van der Waals surface area contributed by atoms with Crippen molar-refractivity contribution in [2.45, 2.75) is 46.3 Å². The Morgan fingerprint density at radius 2 is 2.29 bits per heavy atom. The molecule has 1 unspecified atom stereocenters. The molecule has 2 N–H and O–H groups in total. The second kappa shape index (κ2) is 4.78. The third-order valence-electron chi connectivity index (χ3n) is 3.81. The van der Waals surface area contributed by atoms with Crippen LogP contribution in [0.2, 0.25) is 0 Å². The Morgan fingerprint density at radius 1 is 1.53 bits per heavy atom. The van der Waals surface area contributed by atoms with Gasteiger partial charge >= 0.3 is 0 Å². The zero-order valence-corrected chi connectivity index (χ0v) is 11.2. The molecule has 1 saturated heterocycles. The maximum absolute atomic E-state index is 6.15. The van der Waals surface area contributed by atoms with Crippen LogP contribution in [0, 0.1) is 5.41 Å². The Balaban J connectivity index is 1.96. The number of hydrogen-bond acceptors (Lipinski definition) is 3. The van der Waals surface area contributed by atoms with E-state index in [1.54, 1.807) is 0 Å². The standard InChI is InChI=1S/C13H24N4/c1-4-17-9-11(7-15-17)8-16-6-5-12(14)13(2,3)10-16/h7,9,12H,4-6,8,10,14H2,1-3H3. The number of nitrogens with zero attached hydrogens (tertiary/aromatic N) is 3. The summed E-state index contributed by atoms with van der Waals surface area (Å²) in [5.74, 6) is 0. The summed E-state index contributed by atoms with van der Waals surface area (Å²) >= 11 is 0. The van der Waals surface area contributed by atoms with Crippen molar-refractivity contribution in [1.82, 2.24) is 14.7 Å². The lowest BCUT2D eigenvalue weighted by molar-refractivity contribution is 0.0898. The van der Waals surface area contributed by atoms with E-state index in [4.69, 9.17) is 5.73 Å². The van der Waals surface area contributed by atoms with Crippen LogP contribution >= 0.6 is 0 Å². The first-order valence-electron chi connectivity index (χ1n) is 6.50. The maximum Gasteiger partial charge on any atom is 0.0534 e. The monoisotopic (exact) mass is 236 g/mol. The second-order valence-electron chi connectivity index (χ2n) is 5.80. The number of aryl methyl sites for hydroxylation is 1. The number of piperidine rings is 1. The third-order valence-corrected chi connectivity index (χ3v) is 3.81. The topological polar surface area (TPSA) is 47.1 Å². The van der Waals surface area contributed by atoms with Crippen molar-refractivity contribution in [3.05, 3.63) is 18.0 Å². The van der Waals surface area contributed by atoms with E-state index in [9.17, 15) is 0 Å². The summed E-state index contributed by atoms with van der Waals surface area (Å²) in [7, 11) is 0. The third kappa shape index (κ3) is 2.87. The number of rotatable bonds is 3. The molecule has 1 aliphatic rings. The van der Waals surface area contributed by atoms with E-state index in [1.165, 1.54) is 5.56 Å². The van der Waals surface area contributed by atoms with Crippen molar-refractivity contribution in [3.63, 3.8) is 0 Å². The summed E-state index contributed by atoms with van der Waals surface area (Å²) in [5.41, 5.74) is 7.68. The molecule has 1 aromatic rings. The Bertz CT molecular complexity index is 369. The minimum atomic E-state index is 0.221. The van der Waals surface area contributed by atoms with Gasteiger partial charge in [-0.15, -0.1) is 0 Å². The van der Waals surface area contributed by atoms with E-state index in [0.717, 1.165) is 32.6 Å². The van der Waals surface area contributed by atoms with E-state index in [-0.39, 0.29) is 5.41 Å². The molecule has 0 aromatic carbocycles. The molecule has 0 aliphatic carbocycles. The molecule has 1 aliphatic heterocycles. The molecule has 2 rings (SSSR count). The van der Waals surface area contributed by atoms with Crippen LogP contribution in [0.25, 0.3) is 0 Å². The van der Waals surface area contributed by atoms with Crippen LogP contribution in [-0.2, 0) is 13.1 Å². The van der Waals surface area contributed by atoms with Gasteiger partial charge in [0, 0.05) is 44.0 Å². The van der Waals surface area contributed by atoms with Gasteiger partial charge in [-0.25, -0.2) is 0 Å². The number of nitrogens with two attached hydrogens (primary N) is 1. The molecule has 4 heteroatoms. The molecule has 0 radical (unpaired) electrons. The predicted molar refractivity (Wildman–Crippen MR) is 69.6 cm³/mol. The van der Waals surface area contributed by atoms with Crippen LogP contribution in [0.4, 0.5) is 0 Å². The highest BCUT2D eigenvalue weighted by atomic mass is 15.3. The second-order valence-corrected chi connectivity index (χ2v) is 5.80. The fraction of sp³-hybridized carbons (Fsp3) is 0.769. The van der Waals surface area contributed by atoms with E-state index in [2.05, 4.69) is 37.0 Å². The molecule has 4 nitrogen and oxygen atoms in total. The quantitative estimate of drug-likeness (QED) is 0.864. The van der Waals surface area contributed by atoms with Gasteiger partial charge in [-0.2, -0.15) is 5.10 Å². The van der Waals surface area contributed by atoms with Gasteiger partial charge in [0.25, 0.3) is 0 Å². The number of likely N-dealkylation sites (tertiary alicyclic amines) is 1. The highest BCUT2D eigenvalue weighted by molar-refractivity contribution is 5.04. The van der Waals surface area contributed by atoms with Gasteiger partial charge < -0.3 is 5.73 Å². The summed E-state index contributed by atoms with van der Waals surface area (Å²) in [4.78, 5) is 2.49. The fourth-order valence-electron chi connectivity index (χ4n) is 2.54. The van der Waals surface area contributed by atoms with Crippen molar-refractivity contribution in [1.29, 1.82) is 0 Å². The molecule has 1 atom stereocenters. The van der Waals surface area contributed by atoms with Crippen LogP contribution in [0.3, 0.4) is 0 Å². The predicted octanol–water partition coefficient (Wildman–Crippen LogP) is 1.46. The molecule has 0 amide bonds. The fourth-order valence-corrected chi connectivity index (χ4v) is 2.54. The molecule has 96 valence electrons. The largest absolute Gasteiger partial charge is 0.327 e. The molecular formula is C13H24N4. The van der Waals surface area contributed by atoms with Gasteiger partial charge in [-0.1, -0.05) is 13.8 Å². The summed E-state index contributed by atoms with van der Waals surface area (Å²) in [6, 6.07) is 0.331. The van der Waals surface area contributed by atoms with E-state index in [1.807, 2.05) is 10.9 Å². The lowest BCUT2D eigenvalue weighted by Crippen LogP contribution is -2.51. The molecule has 0 bridgehead atoms. The van der Waals surface area contributed by atoms with Crippen LogP contribution in [-0.4, -0.2) is 33.8 Å². The average molecular weight is 236 g/mol. The Kier molecular flexibility index (Phi) is 3.54. The SMILES string of the molecule is CCn1cc(CN2CCC(N)C(C)(C)C2)cn1. The van der Waals surface area contributed by atoms with Crippen molar-refractivity contribution < 1.29 is 0 Å². The van der Waals surface area contributed by atoms with Crippen LogP contribution in [0.15, 0.2) is 12.4 Å².